The summed E-state index contributed by atoms with van der Waals surface area (Å²) >= 11 is 0. The summed E-state index contributed by atoms with van der Waals surface area (Å²) in [5.74, 6) is 1.27. The number of carbonyl (C=O) groups excluding carboxylic acids is 1. The Balaban J connectivity index is 1.97. The van der Waals surface area contributed by atoms with Gasteiger partial charge in [0.1, 0.15) is 17.9 Å². The maximum Gasteiger partial charge on any atom is 0.265 e. The molecule has 0 saturated carbocycles. The van der Waals surface area contributed by atoms with Gasteiger partial charge in [0.05, 0.1) is 12.2 Å². The fourth-order valence-electron chi connectivity index (χ4n) is 2.21. The number of fused-ring (bicyclic) bond motifs is 1. The van der Waals surface area contributed by atoms with Gasteiger partial charge in [0, 0.05) is 12.2 Å². The number of benzene rings is 1. The molecule has 0 radical (unpaired) electrons. The number of amides is 1. The predicted octanol–water partition coefficient (Wildman–Crippen LogP) is 0.806. The van der Waals surface area contributed by atoms with Crippen molar-refractivity contribution in [2.45, 2.75) is 20.0 Å². The second kappa shape index (κ2) is 4.84. The largest absolute Gasteiger partial charge is 0.482 e. The van der Waals surface area contributed by atoms with Crippen LogP contribution in [0.2, 0.25) is 0 Å². The van der Waals surface area contributed by atoms with Crippen LogP contribution < -0.4 is 15.4 Å². The SMILES string of the molecule is CCn1ncnc1CN1C(=O)COc2ccc(N)cc21. The summed E-state index contributed by atoms with van der Waals surface area (Å²) < 4.78 is 7.17. The number of nitrogen functional groups attached to an aromatic ring is 1. The van der Waals surface area contributed by atoms with Crippen LogP contribution in [0.1, 0.15) is 12.7 Å². The summed E-state index contributed by atoms with van der Waals surface area (Å²) in [5, 5.41) is 4.11. The zero-order valence-electron chi connectivity index (χ0n) is 11.1. The molecule has 20 heavy (non-hydrogen) atoms. The number of ether oxygens (including phenoxy) is 1. The van der Waals surface area contributed by atoms with E-state index in [-0.39, 0.29) is 12.5 Å². The van der Waals surface area contributed by atoms with Gasteiger partial charge in [-0.2, -0.15) is 5.10 Å². The summed E-state index contributed by atoms with van der Waals surface area (Å²) in [5.41, 5.74) is 7.05. The lowest BCUT2D eigenvalue weighted by Crippen LogP contribution is -2.39. The molecule has 0 aliphatic carbocycles. The summed E-state index contributed by atoms with van der Waals surface area (Å²) in [6, 6.07) is 5.26. The van der Waals surface area contributed by atoms with Gasteiger partial charge in [-0.3, -0.25) is 9.69 Å². The van der Waals surface area contributed by atoms with Crippen molar-refractivity contribution >= 4 is 17.3 Å². The fraction of sp³-hybridized carbons (Fsp3) is 0.308. The Morgan fingerprint density at radius 1 is 1.45 bits per heavy atom. The van der Waals surface area contributed by atoms with Crippen molar-refractivity contribution in [3.8, 4) is 5.75 Å². The topological polar surface area (TPSA) is 86.3 Å². The highest BCUT2D eigenvalue weighted by atomic mass is 16.5. The highest BCUT2D eigenvalue weighted by Crippen LogP contribution is 2.34. The van der Waals surface area contributed by atoms with Crippen molar-refractivity contribution in [1.29, 1.82) is 0 Å². The number of rotatable bonds is 3. The van der Waals surface area contributed by atoms with E-state index in [1.807, 2.05) is 6.92 Å². The lowest BCUT2D eigenvalue weighted by Gasteiger charge is -2.29. The van der Waals surface area contributed by atoms with E-state index in [0.29, 0.717) is 30.2 Å². The number of anilines is 2. The van der Waals surface area contributed by atoms with Crippen molar-refractivity contribution in [1.82, 2.24) is 14.8 Å². The Morgan fingerprint density at radius 3 is 3.10 bits per heavy atom. The van der Waals surface area contributed by atoms with E-state index in [0.717, 1.165) is 5.82 Å². The van der Waals surface area contributed by atoms with Gasteiger partial charge in [0.15, 0.2) is 6.61 Å². The second-order valence-corrected chi connectivity index (χ2v) is 4.49. The van der Waals surface area contributed by atoms with Crippen molar-refractivity contribution < 1.29 is 9.53 Å². The van der Waals surface area contributed by atoms with E-state index >= 15 is 0 Å². The Bertz CT molecular complexity index is 652. The Morgan fingerprint density at radius 2 is 2.30 bits per heavy atom. The molecular formula is C13H15N5O2. The molecule has 1 aromatic carbocycles. The molecule has 1 aromatic heterocycles. The fourth-order valence-corrected chi connectivity index (χ4v) is 2.21. The molecule has 2 heterocycles. The van der Waals surface area contributed by atoms with E-state index in [1.54, 1.807) is 27.8 Å². The molecule has 1 amide bonds. The van der Waals surface area contributed by atoms with Crippen LogP contribution in [0.3, 0.4) is 0 Å². The van der Waals surface area contributed by atoms with Gasteiger partial charge < -0.3 is 10.5 Å². The first-order valence-electron chi connectivity index (χ1n) is 6.38. The van der Waals surface area contributed by atoms with Crippen molar-refractivity contribution in [2.75, 3.05) is 17.2 Å². The quantitative estimate of drug-likeness (QED) is 0.836. The predicted molar refractivity (Wildman–Crippen MR) is 73.2 cm³/mol. The van der Waals surface area contributed by atoms with Crippen LogP contribution in [0.5, 0.6) is 5.75 Å². The van der Waals surface area contributed by atoms with E-state index in [9.17, 15) is 4.79 Å². The first kappa shape index (κ1) is 12.5. The van der Waals surface area contributed by atoms with E-state index in [2.05, 4.69) is 10.1 Å². The Hall–Kier alpha value is -2.57. The zero-order chi connectivity index (χ0) is 14.1. The molecule has 1 aliphatic heterocycles. The summed E-state index contributed by atoms with van der Waals surface area (Å²) in [6.07, 6.45) is 1.49. The molecule has 7 nitrogen and oxygen atoms in total. The van der Waals surface area contributed by atoms with Gasteiger partial charge in [0.25, 0.3) is 5.91 Å². The minimum Gasteiger partial charge on any atom is -0.482 e. The number of aromatic nitrogens is 3. The van der Waals surface area contributed by atoms with Gasteiger partial charge in [-0.15, -0.1) is 0 Å². The van der Waals surface area contributed by atoms with Crippen molar-refractivity contribution in [3.63, 3.8) is 0 Å². The lowest BCUT2D eigenvalue weighted by atomic mass is 10.2. The minimum absolute atomic E-state index is 0.0250. The average Bonchev–Trinajstić information content (AvgIpc) is 2.89. The standard InChI is InChI=1S/C13H15N5O2/c1-2-18-12(15-8-16-18)6-17-10-5-9(14)3-4-11(10)20-7-13(17)19/h3-5,8H,2,6-7,14H2,1H3. The van der Waals surface area contributed by atoms with Gasteiger partial charge >= 0.3 is 0 Å². The molecule has 2 aromatic rings. The summed E-state index contributed by atoms with van der Waals surface area (Å²) in [7, 11) is 0. The van der Waals surface area contributed by atoms with Crippen LogP contribution in [0.4, 0.5) is 11.4 Å². The molecule has 2 N–H and O–H groups in total. The normalized spacial score (nSPS) is 14.1. The number of nitrogens with two attached hydrogens (primary N) is 1. The maximum atomic E-state index is 12.1. The molecule has 3 rings (SSSR count). The highest BCUT2D eigenvalue weighted by molar-refractivity contribution is 5.98. The molecule has 0 spiro atoms. The molecule has 104 valence electrons. The molecule has 7 heteroatoms. The van der Waals surface area contributed by atoms with E-state index in [4.69, 9.17) is 10.5 Å². The third-order valence-corrected chi connectivity index (χ3v) is 3.22. The molecule has 0 fully saturated rings. The van der Waals surface area contributed by atoms with Crippen molar-refractivity contribution in [2.24, 2.45) is 0 Å². The Labute approximate surface area is 116 Å². The van der Waals surface area contributed by atoms with Crippen LogP contribution in [0.25, 0.3) is 0 Å². The van der Waals surface area contributed by atoms with Crippen molar-refractivity contribution in [3.05, 3.63) is 30.4 Å². The third kappa shape index (κ3) is 2.07. The number of nitrogens with zero attached hydrogens (tertiary/aromatic N) is 4. The third-order valence-electron chi connectivity index (χ3n) is 3.22. The molecule has 1 aliphatic rings. The smallest absolute Gasteiger partial charge is 0.265 e. The first-order chi connectivity index (χ1) is 9.69. The molecule has 0 bridgehead atoms. The summed E-state index contributed by atoms with van der Waals surface area (Å²) in [6.45, 7) is 3.06. The maximum absolute atomic E-state index is 12.1. The Kier molecular flexibility index (Phi) is 3.02. The van der Waals surface area contributed by atoms with Crippen LogP contribution in [-0.4, -0.2) is 27.3 Å². The highest BCUT2D eigenvalue weighted by Gasteiger charge is 2.27. The average molecular weight is 273 g/mol. The first-order valence-corrected chi connectivity index (χ1v) is 6.38. The molecular weight excluding hydrogens is 258 g/mol. The van der Waals surface area contributed by atoms with Crippen LogP contribution in [-0.2, 0) is 17.9 Å². The lowest BCUT2D eigenvalue weighted by molar-refractivity contribution is -0.121. The molecule has 0 saturated heterocycles. The van der Waals surface area contributed by atoms with Crippen LogP contribution in [0.15, 0.2) is 24.5 Å². The zero-order valence-corrected chi connectivity index (χ0v) is 11.1. The monoisotopic (exact) mass is 273 g/mol. The van der Waals surface area contributed by atoms with E-state index < -0.39 is 0 Å². The number of carbonyl (C=O) groups is 1. The minimum atomic E-state index is -0.117. The number of aryl methyl sites for hydroxylation is 1. The van der Waals surface area contributed by atoms with E-state index in [1.165, 1.54) is 6.33 Å². The number of hydrogen-bond donors (Lipinski definition) is 1. The van der Waals surface area contributed by atoms with Gasteiger partial charge in [-0.1, -0.05) is 0 Å². The van der Waals surface area contributed by atoms with Crippen LogP contribution in [0, 0.1) is 0 Å². The van der Waals surface area contributed by atoms with Crippen LogP contribution >= 0.6 is 0 Å². The molecule has 0 atom stereocenters. The van der Waals surface area contributed by atoms with Gasteiger partial charge in [0.2, 0.25) is 0 Å². The molecule has 0 unspecified atom stereocenters. The van der Waals surface area contributed by atoms with Gasteiger partial charge in [-0.25, -0.2) is 9.67 Å². The second-order valence-electron chi connectivity index (χ2n) is 4.49. The summed E-state index contributed by atoms with van der Waals surface area (Å²) in [4.78, 5) is 17.9. The number of hydrogen-bond acceptors (Lipinski definition) is 5. The van der Waals surface area contributed by atoms with Gasteiger partial charge in [-0.05, 0) is 25.1 Å².